The summed E-state index contributed by atoms with van der Waals surface area (Å²) in [6.45, 7) is 2.61. The van der Waals surface area contributed by atoms with E-state index in [0.29, 0.717) is 71.0 Å². The van der Waals surface area contributed by atoms with Gasteiger partial charge >= 0.3 is 0 Å². The highest BCUT2D eigenvalue weighted by Gasteiger charge is 2.37. The Morgan fingerprint density at radius 2 is 1.31 bits per heavy atom. The van der Waals surface area contributed by atoms with E-state index in [2.05, 4.69) is 31.3 Å². The van der Waals surface area contributed by atoms with E-state index in [1.165, 1.54) is 9.80 Å². The van der Waals surface area contributed by atoms with Crippen molar-refractivity contribution in [3.63, 3.8) is 0 Å². The Kier molecular flexibility index (Phi) is 15.3. The van der Waals surface area contributed by atoms with Gasteiger partial charge in [0.05, 0.1) is 13.1 Å². The molecular formula is C27H48N12O6. The van der Waals surface area contributed by atoms with Crippen molar-refractivity contribution >= 4 is 47.9 Å². The molecule has 2 heterocycles. The minimum absolute atomic E-state index is 0.00987. The summed E-state index contributed by atoms with van der Waals surface area (Å²) in [5.41, 5.74) is 21.4. The second kappa shape index (κ2) is 18.9. The molecule has 2 aliphatic rings. The molecule has 2 aliphatic heterocycles. The molecule has 0 radical (unpaired) electrons. The Labute approximate surface area is 262 Å². The zero-order valence-corrected chi connectivity index (χ0v) is 25.8. The van der Waals surface area contributed by atoms with Gasteiger partial charge in [0.15, 0.2) is 11.9 Å². The van der Waals surface area contributed by atoms with Crippen LogP contribution in [0.1, 0.15) is 58.3 Å². The van der Waals surface area contributed by atoms with Crippen LogP contribution in [0.3, 0.4) is 0 Å². The second-order valence-corrected chi connectivity index (χ2v) is 11.1. The number of nitrogens with one attached hydrogen (secondary N) is 4. The number of carbonyl (C=O) groups excluding carboxylic acids is 6. The standard InChI is InChI=1S/C27H48N12O6/c1-17(6-2-10-33-26(28)29)36-24(44)19-8-4-13-39(19)22(42)15-35-23(43)18(7-3-11-34-27(30)31)37-25(45)20-9-5-12-38(20)21(41)14-32-16-40/h16-20H,2-15H2,1H3,(H,32,40)(H,35,43)(H,36,44)(H,37,45)(H4,28,29,33)(H4,30,31,34)/t17-,18+,19?,20-/m1/s1. The number of hydrogen-bond donors (Lipinski definition) is 8. The lowest BCUT2D eigenvalue weighted by molar-refractivity contribution is -0.140. The Morgan fingerprint density at radius 3 is 1.84 bits per heavy atom. The summed E-state index contributed by atoms with van der Waals surface area (Å²) in [5, 5.41) is 10.5. The van der Waals surface area contributed by atoms with Crippen LogP contribution in [-0.4, -0.2) is 121 Å². The Balaban J connectivity index is 1.97. The summed E-state index contributed by atoms with van der Waals surface area (Å²) < 4.78 is 0. The fourth-order valence-electron chi connectivity index (χ4n) is 5.35. The summed E-state index contributed by atoms with van der Waals surface area (Å²) in [4.78, 5) is 86.1. The van der Waals surface area contributed by atoms with Crippen molar-refractivity contribution in [2.45, 2.75) is 82.5 Å². The second-order valence-electron chi connectivity index (χ2n) is 11.1. The Bertz CT molecular complexity index is 1110. The minimum Gasteiger partial charge on any atom is -0.370 e. The largest absolute Gasteiger partial charge is 0.370 e. The fourth-order valence-corrected chi connectivity index (χ4v) is 5.35. The summed E-state index contributed by atoms with van der Waals surface area (Å²) in [7, 11) is 0. The summed E-state index contributed by atoms with van der Waals surface area (Å²) in [6, 6.07) is -2.66. The molecule has 0 spiro atoms. The van der Waals surface area contributed by atoms with Gasteiger partial charge < -0.3 is 54.0 Å². The van der Waals surface area contributed by atoms with Crippen LogP contribution >= 0.6 is 0 Å². The van der Waals surface area contributed by atoms with Gasteiger partial charge in [0, 0.05) is 32.2 Å². The maximum Gasteiger partial charge on any atom is 0.243 e. The molecule has 0 bridgehead atoms. The minimum atomic E-state index is -1.04. The maximum absolute atomic E-state index is 13.2. The number of hydrogen-bond acceptors (Lipinski definition) is 8. The molecule has 4 atom stereocenters. The quantitative estimate of drug-likeness (QED) is 0.0312. The molecule has 0 aromatic carbocycles. The smallest absolute Gasteiger partial charge is 0.243 e. The number of aliphatic imine (C=N–C) groups is 2. The van der Waals surface area contributed by atoms with Crippen molar-refractivity contribution in [2.24, 2.45) is 32.9 Å². The monoisotopic (exact) mass is 636 g/mol. The van der Waals surface area contributed by atoms with Gasteiger partial charge in [-0.25, -0.2) is 0 Å². The van der Waals surface area contributed by atoms with E-state index in [1.54, 1.807) is 0 Å². The van der Waals surface area contributed by atoms with Gasteiger partial charge in [0.1, 0.15) is 18.1 Å². The molecule has 18 heteroatoms. The van der Waals surface area contributed by atoms with Crippen LogP contribution in [0.5, 0.6) is 0 Å². The van der Waals surface area contributed by atoms with Crippen molar-refractivity contribution in [1.82, 2.24) is 31.1 Å². The molecule has 2 rings (SSSR count). The van der Waals surface area contributed by atoms with Crippen LogP contribution in [0.2, 0.25) is 0 Å². The third-order valence-corrected chi connectivity index (χ3v) is 7.56. The number of nitrogens with zero attached hydrogens (tertiary/aromatic N) is 4. The molecule has 252 valence electrons. The van der Waals surface area contributed by atoms with Crippen molar-refractivity contribution in [3.05, 3.63) is 0 Å². The SMILES string of the molecule is C[C@H](CCCN=C(N)N)NC(=O)C1CCCN1C(=O)CNC(=O)[C@H](CCCN=C(N)N)NC(=O)[C@H]1CCCN1C(=O)CNC=O. The average Bonchev–Trinajstić information content (AvgIpc) is 3.69. The molecule has 0 aliphatic carbocycles. The van der Waals surface area contributed by atoms with Gasteiger partial charge in [-0.15, -0.1) is 0 Å². The van der Waals surface area contributed by atoms with E-state index in [0.717, 1.165) is 0 Å². The zero-order chi connectivity index (χ0) is 33.4. The number of rotatable bonds is 18. The molecule has 1 unspecified atom stereocenters. The summed E-state index contributed by atoms with van der Waals surface area (Å²) >= 11 is 0. The summed E-state index contributed by atoms with van der Waals surface area (Å²) in [6.07, 6.45) is 4.35. The van der Waals surface area contributed by atoms with Gasteiger partial charge in [-0.1, -0.05) is 0 Å². The van der Waals surface area contributed by atoms with E-state index < -0.39 is 41.8 Å². The van der Waals surface area contributed by atoms with Crippen LogP contribution in [0.4, 0.5) is 0 Å². The lowest BCUT2D eigenvalue weighted by Crippen LogP contribution is -2.55. The highest BCUT2D eigenvalue weighted by atomic mass is 16.2. The lowest BCUT2D eigenvalue weighted by atomic mass is 10.1. The Hall–Kier alpha value is -4.64. The van der Waals surface area contributed by atoms with Crippen molar-refractivity contribution in [3.8, 4) is 0 Å². The number of amides is 6. The number of carbonyl (C=O) groups is 6. The van der Waals surface area contributed by atoms with Gasteiger partial charge in [-0.3, -0.25) is 38.8 Å². The average molecular weight is 637 g/mol. The normalized spacial score (nSPS) is 18.7. The Morgan fingerprint density at radius 1 is 0.800 bits per heavy atom. The van der Waals surface area contributed by atoms with Gasteiger partial charge in [-0.05, 0) is 58.3 Å². The van der Waals surface area contributed by atoms with E-state index in [1.807, 2.05) is 6.92 Å². The molecule has 0 aromatic rings. The topological polar surface area (TPSA) is 286 Å². The van der Waals surface area contributed by atoms with Crippen molar-refractivity contribution in [1.29, 1.82) is 0 Å². The zero-order valence-electron chi connectivity index (χ0n) is 25.8. The summed E-state index contributed by atoms with van der Waals surface area (Å²) in [5.74, 6) is -2.34. The first-order valence-electron chi connectivity index (χ1n) is 15.2. The highest BCUT2D eigenvalue weighted by molar-refractivity contribution is 5.95. The van der Waals surface area contributed by atoms with Crippen LogP contribution in [0.15, 0.2) is 9.98 Å². The van der Waals surface area contributed by atoms with Crippen LogP contribution in [0, 0.1) is 0 Å². The molecule has 18 nitrogen and oxygen atoms in total. The first-order valence-corrected chi connectivity index (χ1v) is 15.2. The van der Waals surface area contributed by atoms with Gasteiger partial charge in [0.25, 0.3) is 0 Å². The molecule has 2 fully saturated rings. The molecule has 6 amide bonds. The molecular weight excluding hydrogens is 588 g/mol. The predicted molar refractivity (Wildman–Crippen MR) is 166 cm³/mol. The van der Waals surface area contributed by atoms with Crippen LogP contribution < -0.4 is 44.2 Å². The number of likely N-dealkylation sites (tertiary alicyclic amines) is 2. The van der Waals surface area contributed by atoms with E-state index in [9.17, 15) is 28.8 Å². The first-order chi connectivity index (χ1) is 21.4. The molecule has 0 aromatic heterocycles. The van der Waals surface area contributed by atoms with E-state index in [4.69, 9.17) is 22.9 Å². The third kappa shape index (κ3) is 12.5. The highest BCUT2D eigenvalue weighted by Crippen LogP contribution is 2.19. The van der Waals surface area contributed by atoms with Gasteiger partial charge in [-0.2, -0.15) is 0 Å². The fraction of sp³-hybridized carbons (Fsp3) is 0.704. The molecule has 12 N–H and O–H groups in total. The van der Waals surface area contributed by atoms with Crippen LogP contribution in [0.25, 0.3) is 0 Å². The van der Waals surface area contributed by atoms with Gasteiger partial charge in [0.2, 0.25) is 35.9 Å². The van der Waals surface area contributed by atoms with E-state index >= 15 is 0 Å². The first kappa shape index (κ1) is 36.6. The van der Waals surface area contributed by atoms with Crippen LogP contribution in [-0.2, 0) is 28.8 Å². The lowest BCUT2D eigenvalue weighted by Gasteiger charge is -2.27. The van der Waals surface area contributed by atoms with E-state index in [-0.39, 0.29) is 49.9 Å². The third-order valence-electron chi connectivity index (χ3n) is 7.56. The molecule has 45 heavy (non-hydrogen) atoms. The van der Waals surface area contributed by atoms with Crippen molar-refractivity contribution in [2.75, 3.05) is 39.3 Å². The molecule has 0 saturated carbocycles. The van der Waals surface area contributed by atoms with Crippen molar-refractivity contribution < 1.29 is 28.8 Å². The number of nitrogens with two attached hydrogens (primary N) is 4. The molecule has 2 saturated heterocycles. The number of guanidine groups is 2. The predicted octanol–water partition coefficient (Wildman–Crippen LogP) is -4.07. The maximum atomic E-state index is 13.2.